The fraction of sp³-hybridized carbons (Fsp3) is 0.438. The molecule has 0 bridgehead atoms. The third-order valence-electron chi connectivity index (χ3n) is 3.92. The van der Waals surface area contributed by atoms with Gasteiger partial charge in [0.15, 0.2) is 5.76 Å². The molecule has 0 spiro atoms. The maximum Gasteiger partial charge on any atom is 0.342 e. The Hall–Kier alpha value is -1.57. The number of carbonyl (C=O) groups is 1. The van der Waals surface area contributed by atoms with Crippen LogP contribution in [0.5, 0.6) is 5.75 Å². The Labute approximate surface area is 142 Å². The van der Waals surface area contributed by atoms with Crippen LogP contribution >= 0.6 is 15.9 Å². The maximum absolute atomic E-state index is 12.4. The molecule has 0 unspecified atom stereocenters. The summed E-state index contributed by atoms with van der Waals surface area (Å²) in [6.45, 7) is 5.79. The minimum atomic E-state index is -0.421. The Balaban J connectivity index is 2.03. The number of esters is 1. The number of phenols is 1. The first kappa shape index (κ1) is 16.3. The zero-order valence-electron chi connectivity index (χ0n) is 12.9. The molecule has 0 radical (unpaired) electrons. The van der Waals surface area contributed by atoms with Gasteiger partial charge in [-0.3, -0.25) is 0 Å². The molecule has 0 saturated carbocycles. The summed E-state index contributed by atoms with van der Waals surface area (Å²) in [6, 6.07) is 3.21. The van der Waals surface area contributed by atoms with Crippen LogP contribution in [0.2, 0.25) is 0 Å². The van der Waals surface area contributed by atoms with Gasteiger partial charge in [0.25, 0.3) is 0 Å². The van der Waals surface area contributed by atoms with Crippen LogP contribution in [-0.2, 0) is 16.0 Å². The van der Waals surface area contributed by atoms with E-state index in [4.69, 9.17) is 13.9 Å². The lowest BCUT2D eigenvalue weighted by Crippen LogP contribution is -3.12. The number of benzene rings is 1. The zero-order valence-corrected chi connectivity index (χ0v) is 14.4. The van der Waals surface area contributed by atoms with Crippen molar-refractivity contribution < 1.29 is 28.7 Å². The van der Waals surface area contributed by atoms with E-state index in [-0.39, 0.29) is 12.4 Å². The van der Waals surface area contributed by atoms with Crippen molar-refractivity contribution in [1.82, 2.24) is 0 Å². The third kappa shape index (κ3) is 3.36. The average Bonchev–Trinajstić information content (AvgIpc) is 2.86. The van der Waals surface area contributed by atoms with E-state index < -0.39 is 5.97 Å². The molecular weight excluding hydrogens is 366 g/mol. The number of halogens is 1. The van der Waals surface area contributed by atoms with Gasteiger partial charge in [-0.05, 0) is 35.0 Å². The highest BCUT2D eigenvalue weighted by Crippen LogP contribution is 2.34. The fourth-order valence-corrected chi connectivity index (χ4v) is 3.10. The maximum atomic E-state index is 12.4. The van der Waals surface area contributed by atoms with Gasteiger partial charge < -0.3 is 23.9 Å². The van der Waals surface area contributed by atoms with E-state index in [2.05, 4.69) is 15.9 Å². The largest absolute Gasteiger partial charge is 0.507 e. The van der Waals surface area contributed by atoms with Gasteiger partial charge in [-0.25, -0.2) is 4.79 Å². The average molecular weight is 385 g/mol. The van der Waals surface area contributed by atoms with Crippen LogP contribution < -0.4 is 4.90 Å². The number of fused-ring (bicyclic) bond motifs is 1. The number of rotatable bonds is 4. The Morgan fingerprint density at radius 2 is 2.13 bits per heavy atom. The third-order valence-corrected chi connectivity index (χ3v) is 4.56. The summed E-state index contributed by atoms with van der Waals surface area (Å²) < 4.78 is 17.0. The van der Waals surface area contributed by atoms with Gasteiger partial charge >= 0.3 is 5.97 Å². The highest BCUT2D eigenvalue weighted by molar-refractivity contribution is 9.10. The van der Waals surface area contributed by atoms with Gasteiger partial charge in [-0.15, -0.1) is 0 Å². The first-order chi connectivity index (χ1) is 11.1. The summed E-state index contributed by atoms with van der Waals surface area (Å²) in [6.07, 6.45) is 0. The molecule has 0 aliphatic carbocycles. The Morgan fingerprint density at radius 1 is 1.39 bits per heavy atom. The second-order valence-electron chi connectivity index (χ2n) is 5.46. The molecule has 7 heteroatoms. The predicted molar refractivity (Wildman–Crippen MR) is 86.8 cm³/mol. The van der Waals surface area contributed by atoms with Crippen molar-refractivity contribution in [3.63, 3.8) is 0 Å². The molecule has 1 saturated heterocycles. The Morgan fingerprint density at radius 3 is 2.83 bits per heavy atom. The van der Waals surface area contributed by atoms with Crippen LogP contribution in [0.15, 0.2) is 21.0 Å². The number of hydrogen-bond acceptors (Lipinski definition) is 5. The second-order valence-corrected chi connectivity index (χ2v) is 6.31. The first-order valence-electron chi connectivity index (χ1n) is 7.62. The summed E-state index contributed by atoms with van der Waals surface area (Å²) in [7, 11) is 0. The number of carbonyl (C=O) groups excluding carboxylic acids is 1. The molecule has 6 nitrogen and oxygen atoms in total. The van der Waals surface area contributed by atoms with Gasteiger partial charge in [0.2, 0.25) is 0 Å². The number of morpholine rings is 1. The van der Waals surface area contributed by atoms with Crippen molar-refractivity contribution >= 4 is 32.9 Å². The molecular formula is C16H19BrNO5+. The molecule has 23 heavy (non-hydrogen) atoms. The van der Waals surface area contributed by atoms with E-state index in [0.29, 0.717) is 46.5 Å². The molecule has 0 atom stereocenters. The lowest BCUT2D eigenvalue weighted by molar-refractivity contribution is -0.922. The van der Waals surface area contributed by atoms with Crippen LogP contribution in [0.3, 0.4) is 0 Å². The lowest BCUT2D eigenvalue weighted by atomic mass is 10.1. The van der Waals surface area contributed by atoms with E-state index in [1.54, 1.807) is 13.0 Å². The predicted octanol–water partition coefficient (Wildman–Crippen LogP) is 1.49. The van der Waals surface area contributed by atoms with Gasteiger partial charge in [0, 0.05) is 5.39 Å². The first-order valence-corrected chi connectivity index (χ1v) is 8.41. The topological polar surface area (TPSA) is 73.3 Å². The molecule has 0 amide bonds. The Bertz CT molecular complexity index is 721. The van der Waals surface area contributed by atoms with Crippen LogP contribution in [0.1, 0.15) is 23.0 Å². The van der Waals surface area contributed by atoms with E-state index in [1.807, 2.05) is 0 Å². The number of phenolic OH excluding ortho intramolecular Hbond substituents is 1. The SMILES string of the molecule is CCOC(=O)c1c(C[NH+]2CCOCC2)oc2cc(Br)c(O)cc12. The van der Waals surface area contributed by atoms with E-state index >= 15 is 0 Å². The zero-order chi connectivity index (χ0) is 16.4. The van der Waals surface area contributed by atoms with E-state index in [9.17, 15) is 9.90 Å². The Kier molecular flexibility index (Phi) is 4.89. The van der Waals surface area contributed by atoms with Crippen molar-refractivity contribution in [1.29, 1.82) is 0 Å². The van der Waals surface area contributed by atoms with Crippen molar-refractivity contribution in [2.45, 2.75) is 13.5 Å². The lowest BCUT2D eigenvalue weighted by Gasteiger charge is -2.23. The fourth-order valence-electron chi connectivity index (χ4n) is 2.77. The van der Waals surface area contributed by atoms with Crippen LogP contribution in [0.25, 0.3) is 11.0 Å². The highest BCUT2D eigenvalue weighted by Gasteiger charge is 2.27. The molecule has 2 N–H and O–H groups in total. The van der Waals surface area contributed by atoms with Gasteiger partial charge in [-0.1, -0.05) is 0 Å². The number of quaternary nitrogens is 1. The van der Waals surface area contributed by atoms with Crippen LogP contribution in [0, 0.1) is 0 Å². The van der Waals surface area contributed by atoms with Crippen molar-refractivity contribution in [3.05, 3.63) is 27.9 Å². The smallest absolute Gasteiger partial charge is 0.342 e. The van der Waals surface area contributed by atoms with Crippen molar-refractivity contribution in [2.75, 3.05) is 32.9 Å². The highest BCUT2D eigenvalue weighted by atomic mass is 79.9. The molecule has 2 aromatic rings. The summed E-state index contributed by atoms with van der Waals surface area (Å²) in [5.41, 5.74) is 0.962. The molecule has 124 valence electrons. The van der Waals surface area contributed by atoms with Gasteiger partial charge in [0.1, 0.15) is 36.5 Å². The van der Waals surface area contributed by atoms with E-state index in [0.717, 1.165) is 13.1 Å². The molecule has 1 aliphatic heterocycles. The number of nitrogens with one attached hydrogen (secondary N) is 1. The standard InChI is InChI=1S/C16H18BrNO5/c1-2-22-16(20)15-10-7-12(19)11(17)8-13(10)23-14(15)9-18-3-5-21-6-4-18/h7-8,19H,2-6,9H2,1H3/p+1. The molecule has 1 aliphatic rings. The summed E-state index contributed by atoms with van der Waals surface area (Å²) >= 11 is 3.27. The summed E-state index contributed by atoms with van der Waals surface area (Å²) in [5.74, 6) is 0.234. The summed E-state index contributed by atoms with van der Waals surface area (Å²) in [4.78, 5) is 13.7. The monoisotopic (exact) mass is 384 g/mol. The van der Waals surface area contributed by atoms with E-state index in [1.165, 1.54) is 11.0 Å². The number of hydrogen-bond donors (Lipinski definition) is 2. The number of aromatic hydroxyl groups is 1. The number of furan rings is 1. The molecule has 1 aromatic heterocycles. The molecule has 1 aromatic carbocycles. The molecule has 3 rings (SSSR count). The molecule has 1 fully saturated rings. The van der Waals surface area contributed by atoms with Crippen LogP contribution in [0.4, 0.5) is 0 Å². The second kappa shape index (κ2) is 6.90. The summed E-state index contributed by atoms with van der Waals surface area (Å²) in [5, 5.41) is 10.5. The van der Waals surface area contributed by atoms with Gasteiger partial charge in [-0.2, -0.15) is 0 Å². The van der Waals surface area contributed by atoms with Crippen molar-refractivity contribution in [3.8, 4) is 5.75 Å². The van der Waals surface area contributed by atoms with Gasteiger partial charge in [0.05, 0.1) is 24.3 Å². The minimum Gasteiger partial charge on any atom is -0.507 e. The number of ether oxygens (including phenoxy) is 2. The quantitative estimate of drug-likeness (QED) is 0.781. The minimum absolute atomic E-state index is 0.0640. The normalized spacial score (nSPS) is 15.9. The van der Waals surface area contributed by atoms with Crippen molar-refractivity contribution in [2.24, 2.45) is 0 Å². The molecule has 2 heterocycles. The van der Waals surface area contributed by atoms with Crippen LogP contribution in [-0.4, -0.2) is 44.0 Å².